The van der Waals surface area contributed by atoms with Crippen LogP contribution in [0.5, 0.6) is 0 Å². The molecular formula is C12H21N3S. The molecule has 3 unspecified atom stereocenters. The molecule has 1 saturated heterocycles. The van der Waals surface area contributed by atoms with Crippen LogP contribution in [0, 0.1) is 5.92 Å². The normalized spacial score (nSPS) is 27.9. The quantitative estimate of drug-likeness (QED) is 0.845. The van der Waals surface area contributed by atoms with Crippen LogP contribution in [0.4, 0.5) is 0 Å². The van der Waals surface area contributed by atoms with Crippen molar-refractivity contribution >= 4 is 11.3 Å². The Hall–Kier alpha value is -0.450. The summed E-state index contributed by atoms with van der Waals surface area (Å²) >= 11 is 1.72. The molecule has 0 aliphatic carbocycles. The molecule has 1 fully saturated rings. The fraction of sp³-hybridized carbons (Fsp3) is 0.750. The summed E-state index contributed by atoms with van der Waals surface area (Å²) in [5.74, 6) is 0.864. The number of piperidine rings is 1. The van der Waals surface area contributed by atoms with Crippen molar-refractivity contribution in [3.63, 3.8) is 0 Å². The Morgan fingerprint density at radius 2 is 2.56 bits per heavy atom. The highest BCUT2D eigenvalue weighted by molar-refractivity contribution is 7.09. The first kappa shape index (κ1) is 12.0. The summed E-state index contributed by atoms with van der Waals surface area (Å²) in [7, 11) is 0. The van der Waals surface area contributed by atoms with E-state index in [9.17, 15) is 0 Å². The van der Waals surface area contributed by atoms with Crippen LogP contribution in [0.25, 0.3) is 0 Å². The van der Waals surface area contributed by atoms with Crippen LogP contribution in [-0.4, -0.2) is 24.1 Å². The van der Waals surface area contributed by atoms with Gasteiger partial charge in [0, 0.05) is 24.2 Å². The first-order valence-corrected chi connectivity index (χ1v) is 7.00. The molecule has 1 aromatic rings. The van der Waals surface area contributed by atoms with Gasteiger partial charge in [-0.05, 0) is 32.2 Å². The van der Waals surface area contributed by atoms with Crippen molar-refractivity contribution in [2.75, 3.05) is 13.1 Å². The van der Waals surface area contributed by atoms with Crippen molar-refractivity contribution in [1.82, 2.24) is 15.6 Å². The van der Waals surface area contributed by atoms with Crippen LogP contribution in [0.1, 0.15) is 37.7 Å². The molecule has 0 radical (unpaired) electrons. The van der Waals surface area contributed by atoms with Crippen molar-refractivity contribution < 1.29 is 0 Å². The van der Waals surface area contributed by atoms with Gasteiger partial charge in [0.1, 0.15) is 5.01 Å². The maximum absolute atomic E-state index is 4.33. The van der Waals surface area contributed by atoms with Crippen LogP contribution in [0.3, 0.4) is 0 Å². The SMILES string of the molecule is CC1CCNC(CNC(C)c2nccs2)C1. The molecule has 3 nitrogen and oxygen atoms in total. The molecule has 1 aromatic heterocycles. The lowest BCUT2D eigenvalue weighted by molar-refractivity contribution is 0.305. The summed E-state index contributed by atoms with van der Waals surface area (Å²) in [5, 5.41) is 10.4. The van der Waals surface area contributed by atoms with Gasteiger partial charge in [0.15, 0.2) is 0 Å². The highest BCUT2D eigenvalue weighted by Crippen LogP contribution is 2.17. The number of hydrogen-bond donors (Lipinski definition) is 2. The van der Waals surface area contributed by atoms with Gasteiger partial charge >= 0.3 is 0 Å². The Balaban J connectivity index is 1.74. The van der Waals surface area contributed by atoms with Crippen molar-refractivity contribution in [3.8, 4) is 0 Å². The van der Waals surface area contributed by atoms with Crippen LogP contribution < -0.4 is 10.6 Å². The average Bonchev–Trinajstić information content (AvgIpc) is 2.79. The fourth-order valence-electron chi connectivity index (χ4n) is 2.23. The molecule has 90 valence electrons. The van der Waals surface area contributed by atoms with Gasteiger partial charge in [-0.3, -0.25) is 0 Å². The zero-order chi connectivity index (χ0) is 11.4. The third kappa shape index (κ3) is 3.27. The minimum absolute atomic E-state index is 0.374. The molecule has 0 spiro atoms. The Bertz CT molecular complexity index is 299. The highest BCUT2D eigenvalue weighted by atomic mass is 32.1. The number of nitrogens with one attached hydrogen (secondary N) is 2. The van der Waals surface area contributed by atoms with Crippen molar-refractivity contribution in [1.29, 1.82) is 0 Å². The third-order valence-corrected chi connectivity index (χ3v) is 4.21. The molecule has 3 atom stereocenters. The predicted molar refractivity (Wildman–Crippen MR) is 68.7 cm³/mol. The van der Waals surface area contributed by atoms with Crippen molar-refractivity contribution in [2.24, 2.45) is 5.92 Å². The summed E-state index contributed by atoms with van der Waals surface area (Å²) in [5.41, 5.74) is 0. The van der Waals surface area contributed by atoms with E-state index in [-0.39, 0.29) is 0 Å². The largest absolute Gasteiger partial charge is 0.313 e. The topological polar surface area (TPSA) is 37.0 Å². The maximum atomic E-state index is 4.33. The second-order valence-electron chi connectivity index (χ2n) is 4.78. The maximum Gasteiger partial charge on any atom is 0.109 e. The van der Waals surface area contributed by atoms with Crippen LogP contribution in [0.15, 0.2) is 11.6 Å². The van der Waals surface area contributed by atoms with Crippen LogP contribution in [0.2, 0.25) is 0 Å². The smallest absolute Gasteiger partial charge is 0.109 e. The summed E-state index contributed by atoms with van der Waals surface area (Å²) in [4.78, 5) is 4.33. The van der Waals surface area contributed by atoms with Crippen LogP contribution >= 0.6 is 11.3 Å². The molecular weight excluding hydrogens is 218 g/mol. The van der Waals surface area contributed by atoms with Crippen molar-refractivity contribution in [3.05, 3.63) is 16.6 Å². The number of thiazole rings is 1. The van der Waals surface area contributed by atoms with Gasteiger partial charge < -0.3 is 10.6 Å². The van der Waals surface area contributed by atoms with E-state index >= 15 is 0 Å². The standard InChI is InChI=1S/C12H21N3S/c1-9-3-4-13-11(7-9)8-15-10(2)12-14-5-6-16-12/h5-6,9-11,13,15H,3-4,7-8H2,1-2H3. The lowest BCUT2D eigenvalue weighted by Gasteiger charge is -2.29. The molecule has 4 heteroatoms. The third-order valence-electron chi connectivity index (χ3n) is 3.25. The van der Waals surface area contributed by atoms with E-state index in [1.54, 1.807) is 11.3 Å². The molecule has 16 heavy (non-hydrogen) atoms. The molecule has 1 aliphatic rings. The Morgan fingerprint density at radius 1 is 1.69 bits per heavy atom. The fourth-order valence-corrected chi connectivity index (χ4v) is 2.90. The lowest BCUT2D eigenvalue weighted by Crippen LogP contribution is -2.44. The van der Waals surface area contributed by atoms with E-state index < -0.39 is 0 Å². The first-order chi connectivity index (χ1) is 7.75. The van der Waals surface area contributed by atoms with Gasteiger partial charge in [0.2, 0.25) is 0 Å². The van der Waals surface area contributed by atoms with Gasteiger partial charge in [-0.2, -0.15) is 0 Å². The second kappa shape index (κ2) is 5.75. The second-order valence-corrected chi connectivity index (χ2v) is 5.71. The molecule has 2 rings (SSSR count). The zero-order valence-corrected chi connectivity index (χ0v) is 10.9. The lowest BCUT2D eigenvalue weighted by atomic mass is 9.94. The first-order valence-electron chi connectivity index (χ1n) is 6.12. The Morgan fingerprint density at radius 3 is 3.25 bits per heavy atom. The van der Waals surface area contributed by atoms with Crippen molar-refractivity contribution in [2.45, 2.75) is 38.8 Å². The van der Waals surface area contributed by atoms with Crippen LogP contribution in [-0.2, 0) is 0 Å². The Labute approximate surface area is 102 Å². The molecule has 1 aliphatic heterocycles. The average molecular weight is 239 g/mol. The van der Waals surface area contributed by atoms with Gasteiger partial charge in [0.05, 0.1) is 6.04 Å². The minimum atomic E-state index is 0.374. The van der Waals surface area contributed by atoms with Gasteiger partial charge in [-0.25, -0.2) is 4.98 Å². The van der Waals surface area contributed by atoms with E-state index in [0.29, 0.717) is 12.1 Å². The molecule has 2 heterocycles. The molecule has 0 amide bonds. The summed E-state index contributed by atoms with van der Waals surface area (Å²) in [6.07, 6.45) is 4.48. The molecule has 0 bridgehead atoms. The summed E-state index contributed by atoms with van der Waals surface area (Å²) in [6.45, 7) is 6.74. The van der Waals surface area contributed by atoms with Gasteiger partial charge in [0.25, 0.3) is 0 Å². The zero-order valence-electron chi connectivity index (χ0n) is 10.1. The van der Waals surface area contributed by atoms with Gasteiger partial charge in [-0.1, -0.05) is 6.92 Å². The summed E-state index contributed by atoms with van der Waals surface area (Å²) in [6, 6.07) is 1.00. The number of hydrogen-bond acceptors (Lipinski definition) is 4. The van der Waals surface area contributed by atoms with E-state index in [4.69, 9.17) is 0 Å². The molecule has 0 aromatic carbocycles. The van der Waals surface area contributed by atoms with E-state index in [1.165, 1.54) is 24.4 Å². The monoisotopic (exact) mass is 239 g/mol. The molecule has 2 N–H and O–H groups in total. The van der Waals surface area contributed by atoms with E-state index in [1.807, 2.05) is 11.6 Å². The Kier molecular flexibility index (Phi) is 4.32. The number of nitrogens with zero attached hydrogens (tertiary/aromatic N) is 1. The summed E-state index contributed by atoms with van der Waals surface area (Å²) < 4.78 is 0. The van der Waals surface area contributed by atoms with E-state index in [0.717, 1.165) is 12.5 Å². The van der Waals surface area contributed by atoms with E-state index in [2.05, 4.69) is 29.5 Å². The molecule has 0 saturated carbocycles. The number of rotatable bonds is 4. The number of aromatic nitrogens is 1. The minimum Gasteiger partial charge on any atom is -0.313 e. The highest BCUT2D eigenvalue weighted by Gasteiger charge is 2.18. The predicted octanol–water partition coefficient (Wildman–Crippen LogP) is 2.18. The van der Waals surface area contributed by atoms with Gasteiger partial charge in [-0.15, -0.1) is 11.3 Å².